The second kappa shape index (κ2) is 11.6. The van der Waals surface area contributed by atoms with Crippen molar-refractivity contribution in [2.24, 2.45) is 0 Å². The van der Waals surface area contributed by atoms with Crippen molar-refractivity contribution in [3.8, 4) is 44.5 Å². The van der Waals surface area contributed by atoms with Crippen molar-refractivity contribution >= 4 is 44.1 Å². The van der Waals surface area contributed by atoms with E-state index in [0.717, 1.165) is 33.2 Å². The molecule has 1 aliphatic rings. The molecule has 8 aromatic carbocycles. The normalized spacial score (nSPS) is 13.1. The number of furan rings is 1. The number of nitrogens with zero attached hydrogens (tertiary/aromatic N) is 1. The minimum atomic E-state index is -0.220. The summed E-state index contributed by atoms with van der Waals surface area (Å²) < 4.78 is 7.00. The summed E-state index contributed by atoms with van der Waals surface area (Å²) in [7, 11) is 2.18. The zero-order valence-corrected chi connectivity index (χ0v) is 29.5. The fourth-order valence-corrected chi connectivity index (χ4v) is 8.81. The van der Waals surface area contributed by atoms with Crippen molar-refractivity contribution in [3.05, 3.63) is 181 Å². The van der Waals surface area contributed by atoms with E-state index in [0.29, 0.717) is 0 Å². The van der Waals surface area contributed by atoms with Crippen molar-refractivity contribution in [2.75, 3.05) is 11.9 Å². The van der Waals surface area contributed by atoms with Crippen LogP contribution in [0.15, 0.2) is 174 Å². The smallest absolute Gasteiger partial charge is 0.143 e. The summed E-state index contributed by atoms with van der Waals surface area (Å²) in [6.07, 6.45) is 0. The average molecular weight is 668 g/mol. The van der Waals surface area contributed by atoms with Crippen LogP contribution in [0.4, 0.5) is 11.4 Å². The zero-order valence-electron chi connectivity index (χ0n) is 29.5. The Hall–Kier alpha value is -6.38. The lowest BCUT2D eigenvalue weighted by Crippen LogP contribution is -2.16. The first-order valence-electron chi connectivity index (χ1n) is 18.1. The van der Waals surface area contributed by atoms with Crippen molar-refractivity contribution in [1.29, 1.82) is 0 Å². The van der Waals surface area contributed by atoms with Gasteiger partial charge in [0.1, 0.15) is 11.2 Å². The van der Waals surface area contributed by atoms with Crippen LogP contribution in [-0.4, -0.2) is 7.05 Å². The molecule has 10 rings (SSSR count). The van der Waals surface area contributed by atoms with Crippen LogP contribution in [0.5, 0.6) is 0 Å². The first-order chi connectivity index (χ1) is 25.5. The van der Waals surface area contributed by atoms with E-state index in [-0.39, 0.29) is 5.41 Å². The molecule has 0 radical (unpaired) electrons. The van der Waals surface area contributed by atoms with Gasteiger partial charge >= 0.3 is 0 Å². The first kappa shape index (κ1) is 30.4. The van der Waals surface area contributed by atoms with E-state index in [1.54, 1.807) is 0 Å². The molecule has 0 atom stereocenters. The Labute approximate surface area is 304 Å². The lowest BCUT2D eigenvalue weighted by Gasteiger charge is -2.26. The molecular formula is C50H37NO. The standard InChI is InChI=1S/C50H37NO/c1-50(2)43-26-13-12-23-39(43)41-31-42-47-37(33-18-8-5-9-19-33)25-15-27-45(47)52-49(42)46(48(41)50)34-20-14-21-35(30-34)51(3)44-29-28-36(32-16-6-4-7-17-32)38-22-10-11-24-40(38)44/h4-31H,1-3H3. The van der Waals surface area contributed by atoms with Gasteiger partial charge in [-0.25, -0.2) is 0 Å². The van der Waals surface area contributed by atoms with Crippen LogP contribution in [0.1, 0.15) is 25.0 Å². The predicted molar refractivity (Wildman–Crippen MR) is 220 cm³/mol. The Bertz CT molecular complexity index is 2830. The van der Waals surface area contributed by atoms with Crippen LogP contribution in [0.3, 0.4) is 0 Å². The molecule has 0 saturated carbocycles. The third kappa shape index (κ3) is 4.50. The van der Waals surface area contributed by atoms with Gasteiger partial charge in [0.05, 0.1) is 0 Å². The maximum atomic E-state index is 7.00. The third-order valence-electron chi connectivity index (χ3n) is 11.3. The second-order valence-corrected chi connectivity index (χ2v) is 14.5. The molecule has 0 spiro atoms. The van der Waals surface area contributed by atoms with Crippen molar-refractivity contribution in [1.82, 2.24) is 0 Å². The van der Waals surface area contributed by atoms with E-state index in [2.05, 4.69) is 196 Å². The van der Waals surface area contributed by atoms with Gasteiger partial charge < -0.3 is 9.32 Å². The summed E-state index contributed by atoms with van der Waals surface area (Å²) in [5.41, 5.74) is 16.3. The molecule has 2 heteroatoms. The molecule has 1 aliphatic carbocycles. The average Bonchev–Trinajstić information content (AvgIpc) is 3.69. The number of anilines is 2. The number of rotatable bonds is 5. The van der Waals surface area contributed by atoms with Gasteiger partial charge in [0.25, 0.3) is 0 Å². The summed E-state index contributed by atoms with van der Waals surface area (Å²) in [5, 5.41) is 4.78. The maximum Gasteiger partial charge on any atom is 0.143 e. The summed E-state index contributed by atoms with van der Waals surface area (Å²) in [6, 6.07) is 61.4. The highest BCUT2D eigenvalue weighted by atomic mass is 16.3. The Morgan fingerprint density at radius 2 is 1.12 bits per heavy atom. The van der Waals surface area contributed by atoms with Gasteiger partial charge in [-0.3, -0.25) is 0 Å². The molecule has 0 amide bonds. The molecule has 0 unspecified atom stereocenters. The molecule has 248 valence electrons. The fraction of sp³-hybridized carbons (Fsp3) is 0.0800. The molecule has 2 nitrogen and oxygen atoms in total. The van der Waals surface area contributed by atoms with Crippen molar-refractivity contribution in [3.63, 3.8) is 0 Å². The first-order valence-corrected chi connectivity index (χ1v) is 18.1. The van der Waals surface area contributed by atoms with E-state index in [1.807, 2.05) is 0 Å². The van der Waals surface area contributed by atoms with E-state index < -0.39 is 0 Å². The molecule has 9 aromatic rings. The number of hydrogen-bond donors (Lipinski definition) is 0. The SMILES string of the molecule is CN(c1cccc(-c2c3c(cc4c2oc2cccc(-c5ccccc5)c24)-c2ccccc2C3(C)C)c1)c1ccc(-c2ccccc2)c2ccccc12. The van der Waals surface area contributed by atoms with Crippen LogP contribution >= 0.6 is 0 Å². The molecule has 0 bridgehead atoms. The second-order valence-electron chi connectivity index (χ2n) is 14.5. The molecular weight excluding hydrogens is 631 g/mol. The van der Waals surface area contributed by atoms with Crippen molar-refractivity contribution < 1.29 is 4.42 Å². The fourth-order valence-electron chi connectivity index (χ4n) is 8.81. The summed E-state index contributed by atoms with van der Waals surface area (Å²) >= 11 is 0. The third-order valence-corrected chi connectivity index (χ3v) is 11.3. The van der Waals surface area contributed by atoms with Gasteiger partial charge in [0, 0.05) is 45.6 Å². The Morgan fingerprint density at radius 1 is 0.481 bits per heavy atom. The number of hydrogen-bond acceptors (Lipinski definition) is 2. The quantitative estimate of drug-likeness (QED) is 0.182. The van der Waals surface area contributed by atoms with E-state index >= 15 is 0 Å². The minimum Gasteiger partial charge on any atom is -0.455 e. The zero-order chi connectivity index (χ0) is 35.0. The predicted octanol–water partition coefficient (Wildman–Crippen LogP) is 13.8. The van der Waals surface area contributed by atoms with Crippen LogP contribution in [0, 0.1) is 0 Å². The number of benzene rings is 8. The highest BCUT2D eigenvalue weighted by molar-refractivity contribution is 6.18. The van der Waals surface area contributed by atoms with E-state index in [4.69, 9.17) is 4.42 Å². The minimum absolute atomic E-state index is 0.220. The highest BCUT2D eigenvalue weighted by Crippen LogP contribution is 2.56. The highest BCUT2D eigenvalue weighted by Gasteiger charge is 2.39. The summed E-state index contributed by atoms with van der Waals surface area (Å²) in [4.78, 5) is 2.33. The molecule has 52 heavy (non-hydrogen) atoms. The topological polar surface area (TPSA) is 16.4 Å². The lowest BCUT2D eigenvalue weighted by atomic mass is 9.78. The Morgan fingerprint density at radius 3 is 1.90 bits per heavy atom. The molecule has 1 aromatic heterocycles. The van der Waals surface area contributed by atoms with Gasteiger partial charge in [0.15, 0.2) is 0 Å². The Kier molecular flexibility index (Phi) is 6.78. The van der Waals surface area contributed by atoms with Crippen LogP contribution in [-0.2, 0) is 5.41 Å². The molecule has 0 aliphatic heterocycles. The van der Waals surface area contributed by atoms with Gasteiger partial charge in [-0.2, -0.15) is 0 Å². The molecule has 0 saturated heterocycles. The van der Waals surface area contributed by atoms with Gasteiger partial charge in [-0.15, -0.1) is 0 Å². The molecule has 1 heterocycles. The Balaban J connectivity index is 1.21. The van der Waals surface area contributed by atoms with E-state index in [1.165, 1.54) is 66.5 Å². The van der Waals surface area contributed by atoms with E-state index in [9.17, 15) is 0 Å². The molecule has 0 N–H and O–H groups in total. The lowest BCUT2D eigenvalue weighted by molar-refractivity contribution is 0.650. The summed E-state index contributed by atoms with van der Waals surface area (Å²) in [6.45, 7) is 4.73. The van der Waals surface area contributed by atoms with Gasteiger partial charge in [-0.05, 0) is 85.8 Å². The van der Waals surface area contributed by atoms with Gasteiger partial charge in [-0.1, -0.05) is 153 Å². The number of fused-ring (bicyclic) bond motifs is 7. The monoisotopic (exact) mass is 667 g/mol. The summed E-state index contributed by atoms with van der Waals surface area (Å²) in [5.74, 6) is 0. The van der Waals surface area contributed by atoms with Gasteiger partial charge in [0.2, 0.25) is 0 Å². The van der Waals surface area contributed by atoms with Crippen LogP contribution in [0.2, 0.25) is 0 Å². The maximum absolute atomic E-state index is 7.00. The molecule has 0 fully saturated rings. The van der Waals surface area contributed by atoms with Crippen LogP contribution in [0.25, 0.3) is 77.2 Å². The largest absolute Gasteiger partial charge is 0.455 e. The van der Waals surface area contributed by atoms with Crippen LogP contribution < -0.4 is 4.90 Å². The van der Waals surface area contributed by atoms with Crippen molar-refractivity contribution in [2.45, 2.75) is 19.3 Å².